The summed E-state index contributed by atoms with van der Waals surface area (Å²) in [5.74, 6) is 4.31. The van der Waals surface area contributed by atoms with Crippen molar-refractivity contribution in [1.29, 1.82) is 0 Å². The molecule has 2 heteroatoms. The van der Waals surface area contributed by atoms with E-state index < -0.39 is 0 Å². The SMILES string of the molecule is [Fe].c1cc[cH-]c1.c1cc[pH]c1. The predicted molar refractivity (Wildman–Crippen MR) is 48.0 cm³/mol. The van der Waals surface area contributed by atoms with Gasteiger partial charge in [0.15, 0.2) is 0 Å². The minimum atomic E-state index is 0. The Morgan fingerprint density at radius 3 is 1.55 bits per heavy atom. The van der Waals surface area contributed by atoms with Gasteiger partial charge >= 0.3 is 0 Å². The molecule has 0 aliphatic carbocycles. The Bertz CT molecular complexity index is 149. The van der Waals surface area contributed by atoms with Gasteiger partial charge in [-0.3, -0.25) is 0 Å². The fraction of sp³-hybridized carbons (Fsp3) is 0. The van der Waals surface area contributed by atoms with Gasteiger partial charge in [0.2, 0.25) is 0 Å². The van der Waals surface area contributed by atoms with E-state index in [0.29, 0.717) is 0 Å². The van der Waals surface area contributed by atoms with Crippen LogP contribution in [0.25, 0.3) is 0 Å². The molecule has 0 unspecified atom stereocenters. The van der Waals surface area contributed by atoms with Crippen LogP contribution in [0.4, 0.5) is 0 Å². The first-order valence-corrected chi connectivity index (χ1v) is 4.40. The third-order valence-electron chi connectivity index (χ3n) is 1.05. The Hall–Kier alpha value is -0.351. The normalized spacial score (nSPS) is 7.27. The van der Waals surface area contributed by atoms with Crippen molar-refractivity contribution in [2.75, 3.05) is 0 Å². The predicted octanol–water partition coefficient (Wildman–Crippen LogP) is 3.12. The van der Waals surface area contributed by atoms with Gasteiger partial charge in [0.25, 0.3) is 0 Å². The van der Waals surface area contributed by atoms with Crippen LogP contribution in [0.3, 0.4) is 0 Å². The zero-order valence-electron chi connectivity index (χ0n) is 6.05. The van der Waals surface area contributed by atoms with E-state index in [9.17, 15) is 0 Å². The zero-order valence-corrected chi connectivity index (χ0v) is 8.15. The van der Waals surface area contributed by atoms with Crippen LogP contribution in [0.2, 0.25) is 0 Å². The number of rotatable bonds is 0. The molecule has 0 bridgehead atoms. The van der Waals surface area contributed by atoms with Crippen molar-refractivity contribution in [3.05, 3.63) is 54.1 Å². The number of hydrogen-bond donors (Lipinski definition) is 0. The minimum Gasteiger partial charge on any atom is -0.214 e. The van der Waals surface area contributed by atoms with E-state index in [-0.39, 0.29) is 17.1 Å². The molecule has 2 rings (SSSR count). The van der Waals surface area contributed by atoms with Crippen LogP contribution in [0.5, 0.6) is 0 Å². The Balaban J connectivity index is 0.000000167. The van der Waals surface area contributed by atoms with Crippen LogP contribution in [0, 0.1) is 0 Å². The molecule has 60 valence electrons. The first-order chi connectivity index (χ1) is 5.00. The van der Waals surface area contributed by atoms with Crippen molar-refractivity contribution in [3.63, 3.8) is 0 Å². The fourth-order valence-electron chi connectivity index (χ4n) is 0.599. The summed E-state index contributed by atoms with van der Waals surface area (Å²) >= 11 is 0. The summed E-state index contributed by atoms with van der Waals surface area (Å²) in [5, 5.41) is 0. The van der Waals surface area contributed by atoms with E-state index in [1.54, 1.807) is 0 Å². The maximum Gasteiger partial charge on any atom is 0 e. The maximum atomic E-state index is 2.15. The van der Waals surface area contributed by atoms with Gasteiger partial charge in [0.05, 0.1) is 0 Å². The van der Waals surface area contributed by atoms with E-state index in [4.69, 9.17) is 0 Å². The summed E-state index contributed by atoms with van der Waals surface area (Å²) in [4.78, 5) is 0. The molecule has 1 heterocycles. The quantitative estimate of drug-likeness (QED) is 0.457. The van der Waals surface area contributed by atoms with Crippen LogP contribution in [-0.4, -0.2) is 0 Å². The monoisotopic (exact) mass is 205 g/mol. The third-order valence-corrected chi connectivity index (χ3v) is 1.82. The molecule has 0 N–H and O–H groups in total. The molecule has 2 aromatic rings. The van der Waals surface area contributed by atoms with Crippen LogP contribution >= 0.6 is 8.19 Å². The van der Waals surface area contributed by atoms with Crippen molar-refractivity contribution in [2.45, 2.75) is 0 Å². The van der Waals surface area contributed by atoms with Gasteiger partial charge in [-0.05, 0) is 11.6 Å². The minimum absolute atomic E-state index is 0. The summed E-state index contributed by atoms with van der Waals surface area (Å²) < 4.78 is 0. The van der Waals surface area contributed by atoms with E-state index in [2.05, 4.69) is 23.7 Å². The van der Waals surface area contributed by atoms with Crippen molar-refractivity contribution < 1.29 is 17.1 Å². The van der Waals surface area contributed by atoms with E-state index >= 15 is 0 Å². The molecular weight excluding hydrogens is 195 g/mol. The van der Waals surface area contributed by atoms with Gasteiger partial charge in [-0.25, -0.2) is 12.1 Å². The Labute approximate surface area is 79.6 Å². The second kappa shape index (κ2) is 7.75. The van der Waals surface area contributed by atoms with E-state index in [1.807, 2.05) is 30.3 Å². The first kappa shape index (κ1) is 10.6. The average Bonchev–Trinajstić information content (AvgIpc) is 2.67. The molecule has 0 atom stereocenters. The van der Waals surface area contributed by atoms with Crippen molar-refractivity contribution in [2.24, 2.45) is 0 Å². The summed E-state index contributed by atoms with van der Waals surface area (Å²) in [6.07, 6.45) is 0. The second-order valence-corrected chi connectivity index (χ2v) is 2.85. The van der Waals surface area contributed by atoms with Crippen molar-refractivity contribution in [1.82, 2.24) is 0 Å². The third kappa shape index (κ3) is 6.06. The zero-order chi connectivity index (χ0) is 7.07. The summed E-state index contributed by atoms with van der Waals surface area (Å²) in [7, 11) is 0.948. The largest absolute Gasteiger partial charge is 0.214 e. The molecule has 0 spiro atoms. The topological polar surface area (TPSA) is 0 Å². The van der Waals surface area contributed by atoms with E-state index in [0.717, 1.165) is 8.19 Å². The van der Waals surface area contributed by atoms with Gasteiger partial charge in [-0.15, -0.1) is 8.19 Å². The Kier molecular flexibility index (Phi) is 7.51. The van der Waals surface area contributed by atoms with Gasteiger partial charge in [-0.1, -0.05) is 12.1 Å². The smallest absolute Gasteiger partial charge is 0 e. The first-order valence-electron chi connectivity index (χ1n) is 3.24. The molecule has 1 aromatic carbocycles. The van der Waals surface area contributed by atoms with Gasteiger partial charge in [0.1, 0.15) is 0 Å². The van der Waals surface area contributed by atoms with Gasteiger partial charge in [0, 0.05) is 17.1 Å². The molecule has 0 amide bonds. The maximum absolute atomic E-state index is 2.15. The standard InChI is InChI=1S/C5H5.C4H5P.Fe/c2*1-2-4-5-3-1;/h2*1-5H;/q-1;;. The molecule has 0 radical (unpaired) electrons. The van der Waals surface area contributed by atoms with Gasteiger partial charge < -0.3 is 0 Å². The summed E-state index contributed by atoms with van der Waals surface area (Å²) in [5.41, 5.74) is 0. The van der Waals surface area contributed by atoms with Crippen molar-refractivity contribution in [3.8, 4) is 0 Å². The molecule has 0 fully saturated rings. The molecule has 0 aliphatic rings. The van der Waals surface area contributed by atoms with Crippen LogP contribution < -0.4 is 0 Å². The van der Waals surface area contributed by atoms with Crippen LogP contribution in [0.1, 0.15) is 0 Å². The van der Waals surface area contributed by atoms with E-state index in [1.165, 1.54) is 0 Å². The fourth-order valence-corrected chi connectivity index (χ4v) is 1.15. The van der Waals surface area contributed by atoms with Crippen LogP contribution in [-0.2, 0) is 17.1 Å². The Morgan fingerprint density at radius 1 is 0.818 bits per heavy atom. The molecule has 11 heavy (non-hydrogen) atoms. The second-order valence-electron chi connectivity index (χ2n) is 1.85. The molecule has 0 saturated carbocycles. The summed E-state index contributed by atoms with van der Waals surface area (Å²) in [6.45, 7) is 0. The molecule has 0 saturated heterocycles. The number of hydrogen-bond acceptors (Lipinski definition) is 0. The Morgan fingerprint density at radius 2 is 1.36 bits per heavy atom. The van der Waals surface area contributed by atoms with Crippen LogP contribution in [0.15, 0.2) is 54.1 Å². The molecule has 0 nitrogen and oxygen atoms in total. The van der Waals surface area contributed by atoms with Crippen molar-refractivity contribution >= 4 is 8.19 Å². The van der Waals surface area contributed by atoms with Gasteiger partial charge in [-0.2, -0.15) is 18.2 Å². The molecule has 0 aliphatic heterocycles. The summed E-state index contributed by atoms with van der Waals surface area (Å²) in [6, 6.07) is 14.1. The molecular formula is C9H10FeP-. The molecule has 1 aromatic heterocycles. The average molecular weight is 205 g/mol.